The van der Waals surface area contributed by atoms with Gasteiger partial charge in [-0.1, -0.05) is 0 Å². The zero-order chi connectivity index (χ0) is 7.56. The van der Waals surface area contributed by atoms with Crippen molar-refractivity contribution in [3.05, 3.63) is 18.2 Å². The molecule has 0 aliphatic carbocycles. The second-order valence-corrected chi connectivity index (χ2v) is 2.24. The van der Waals surface area contributed by atoms with Crippen LogP contribution >= 0.6 is 0 Å². The molecule has 1 aromatic carbocycles. The van der Waals surface area contributed by atoms with Gasteiger partial charge in [0.25, 0.3) is 0 Å². The number of benzene rings is 1. The molecule has 10 heavy (non-hydrogen) atoms. The summed E-state index contributed by atoms with van der Waals surface area (Å²) >= 11 is 1.09. The van der Waals surface area contributed by atoms with Crippen molar-refractivity contribution >= 4 is 23.4 Å². The standard InChI is InChI=1S/C6H6O3.Sb/c7-4-2-1-3-5(8)6(4)9;/h1-3,7-9H;/q;+1/p-1. The number of hydrogen-bond acceptors (Lipinski definition) is 3. The van der Waals surface area contributed by atoms with Crippen LogP contribution < -0.4 is 3.02 Å². The van der Waals surface area contributed by atoms with E-state index in [1.807, 2.05) is 0 Å². The maximum atomic E-state index is 9.03. The van der Waals surface area contributed by atoms with Crippen molar-refractivity contribution in [1.82, 2.24) is 0 Å². The molecule has 2 N–H and O–H groups in total. The summed E-state index contributed by atoms with van der Waals surface area (Å²) in [5.74, 6) is -0.0644. The van der Waals surface area contributed by atoms with Crippen LogP contribution in [0.15, 0.2) is 18.2 Å². The van der Waals surface area contributed by atoms with Gasteiger partial charge in [-0.3, -0.25) is 0 Å². The van der Waals surface area contributed by atoms with Gasteiger partial charge in [0.05, 0.1) is 0 Å². The number of phenols is 2. The normalized spacial score (nSPS) is 9.30. The van der Waals surface area contributed by atoms with Crippen LogP contribution in [0.25, 0.3) is 0 Å². The van der Waals surface area contributed by atoms with Crippen molar-refractivity contribution in [3.8, 4) is 17.2 Å². The fourth-order valence-electron chi connectivity index (χ4n) is 0.584. The van der Waals surface area contributed by atoms with E-state index in [2.05, 4.69) is 0 Å². The van der Waals surface area contributed by atoms with Gasteiger partial charge in [-0.25, -0.2) is 0 Å². The molecular formula is C6H5O3Sb. The number of aromatic hydroxyl groups is 2. The van der Waals surface area contributed by atoms with Crippen molar-refractivity contribution in [2.75, 3.05) is 0 Å². The van der Waals surface area contributed by atoms with E-state index < -0.39 is 0 Å². The third kappa shape index (κ3) is 1.29. The summed E-state index contributed by atoms with van der Waals surface area (Å²) in [6, 6.07) is 4.57. The van der Waals surface area contributed by atoms with Crippen LogP contribution in [0.4, 0.5) is 0 Å². The van der Waals surface area contributed by atoms with Gasteiger partial charge in [0, 0.05) is 0 Å². The minimum atomic E-state index is -0.205. The fraction of sp³-hybridized carbons (Fsp3) is 0. The van der Waals surface area contributed by atoms with Crippen LogP contribution in [-0.2, 0) is 0 Å². The Balaban J connectivity index is 3.14. The summed E-state index contributed by atoms with van der Waals surface area (Å²) < 4.78 is 4.77. The molecule has 1 rings (SSSR count). The Morgan fingerprint density at radius 2 is 2.00 bits per heavy atom. The molecule has 0 saturated heterocycles. The van der Waals surface area contributed by atoms with Crippen LogP contribution in [-0.4, -0.2) is 33.7 Å². The molecule has 0 spiro atoms. The number of rotatable bonds is 1. The Bertz CT molecular complexity index is 236. The molecule has 1 aromatic rings. The van der Waals surface area contributed by atoms with Crippen LogP contribution in [0, 0.1) is 0 Å². The molecule has 2 radical (unpaired) electrons. The summed E-state index contributed by atoms with van der Waals surface area (Å²) in [6.45, 7) is 0. The molecule has 0 fully saturated rings. The SMILES string of the molecule is Oc1cccc([O][Sb])c1O. The summed E-state index contributed by atoms with van der Waals surface area (Å²) in [5.41, 5.74) is 0. The van der Waals surface area contributed by atoms with Crippen molar-refractivity contribution in [1.29, 1.82) is 0 Å². The van der Waals surface area contributed by atoms with Gasteiger partial charge in [0.1, 0.15) is 0 Å². The molecule has 3 nitrogen and oxygen atoms in total. The number of phenolic OH excluding ortho intramolecular Hbond substituents is 2. The van der Waals surface area contributed by atoms with Crippen molar-refractivity contribution < 1.29 is 13.2 Å². The van der Waals surface area contributed by atoms with E-state index in [1.165, 1.54) is 6.07 Å². The second-order valence-electron chi connectivity index (χ2n) is 1.72. The Hall–Kier alpha value is -0.562. The zero-order valence-electron chi connectivity index (χ0n) is 4.98. The molecule has 0 aliphatic rings. The summed E-state index contributed by atoms with van der Waals surface area (Å²) in [7, 11) is 0. The van der Waals surface area contributed by atoms with Crippen LogP contribution in [0.5, 0.6) is 17.2 Å². The molecule has 0 aliphatic heterocycles. The van der Waals surface area contributed by atoms with Gasteiger partial charge in [-0.2, -0.15) is 0 Å². The first-order chi connectivity index (χ1) is 4.75. The maximum absolute atomic E-state index is 9.03. The molecule has 0 atom stereocenters. The topological polar surface area (TPSA) is 49.7 Å². The third-order valence-corrected chi connectivity index (χ3v) is 1.64. The van der Waals surface area contributed by atoms with E-state index in [1.54, 1.807) is 12.1 Å². The number of para-hydroxylation sites is 1. The van der Waals surface area contributed by atoms with Gasteiger partial charge in [-0.05, 0) is 0 Å². The second kappa shape index (κ2) is 3.02. The fourth-order valence-corrected chi connectivity index (χ4v) is 1.00. The van der Waals surface area contributed by atoms with E-state index in [0.29, 0.717) is 5.75 Å². The zero-order valence-corrected chi connectivity index (χ0v) is 7.53. The Kier molecular flexibility index (Phi) is 2.28. The van der Waals surface area contributed by atoms with Gasteiger partial charge < -0.3 is 0 Å². The first-order valence-corrected chi connectivity index (χ1v) is 3.62. The molecule has 0 aromatic heterocycles. The minimum absolute atomic E-state index is 0.159. The van der Waals surface area contributed by atoms with Crippen molar-refractivity contribution in [2.45, 2.75) is 0 Å². The third-order valence-electron chi connectivity index (χ3n) is 1.08. The average molecular weight is 247 g/mol. The van der Waals surface area contributed by atoms with E-state index in [9.17, 15) is 0 Å². The van der Waals surface area contributed by atoms with Gasteiger partial charge in [0.15, 0.2) is 0 Å². The van der Waals surface area contributed by atoms with E-state index in [4.69, 9.17) is 13.2 Å². The molecule has 0 amide bonds. The Labute approximate surface area is 72.3 Å². The predicted molar refractivity (Wildman–Crippen MR) is 36.2 cm³/mol. The summed E-state index contributed by atoms with van der Waals surface area (Å²) in [4.78, 5) is 0. The molecule has 0 saturated carbocycles. The molecule has 0 unspecified atom stereocenters. The predicted octanol–water partition coefficient (Wildman–Crippen LogP) is 0.560. The monoisotopic (exact) mass is 246 g/mol. The van der Waals surface area contributed by atoms with Gasteiger partial charge in [-0.15, -0.1) is 0 Å². The van der Waals surface area contributed by atoms with Crippen LogP contribution in [0.3, 0.4) is 0 Å². The van der Waals surface area contributed by atoms with E-state index >= 15 is 0 Å². The molecule has 52 valence electrons. The molecule has 0 bridgehead atoms. The van der Waals surface area contributed by atoms with Gasteiger partial charge >= 0.3 is 72.1 Å². The summed E-state index contributed by atoms with van der Waals surface area (Å²) in [5, 5.41) is 17.9. The van der Waals surface area contributed by atoms with Crippen LogP contribution in [0.2, 0.25) is 0 Å². The Morgan fingerprint density at radius 3 is 2.50 bits per heavy atom. The first-order valence-electron chi connectivity index (χ1n) is 2.58. The van der Waals surface area contributed by atoms with Crippen molar-refractivity contribution in [2.24, 2.45) is 0 Å². The van der Waals surface area contributed by atoms with E-state index in [0.717, 1.165) is 23.4 Å². The number of hydrogen-bond donors (Lipinski definition) is 2. The molecule has 0 heterocycles. The first kappa shape index (κ1) is 7.54. The van der Waals surface area contributed by atoms with Crippen molar-refractivity contribution in [3.63, 3.8) is 0 Å². The van der Waals surface area contributed by atoms with E-state index in [-0.39, 0.29) is 11.5 Å². The molecule has 4 heteroatoms. The summed E-state index contributed by atoms with van der Waals surface area (Å²) in [6.07, 6.45) is 0. The quantitative estimate of drug-likeness (QED) is 0.563. The molecular weight excluding hydrogens is 242 g/mol. The van der Waals surface area contributed by atoms with Crippen LogP contribution in [0.1, 0.15) is 0 Å². The van der Waals surface area contributed by atoms with Gasteiger partial charge in [0.2, 0.25) is 0 Å². The average Bonchev–Trinajstić information content (AvgIpc) is 1.95. The Morgan fingerprint density at radius 1 is 1.30 bits per heavy atom.